The number of ketones is 1. The zero-order chi connectivity index (χ0) is 7.98. The fourth-order valence-corrected chi connectivity index (χ4v) is 0.638. The van der Waals surface area contributed by atoms with E-state index in [2.05, 4.69) is 0 Å². The Kier molecular flexibility index (Phi) is 9.50. The van der Waals surface area contributed by atoms with Gasteiger partial charge in [-0.3, -0.25) is 4.79 Å². The number of carboxylic acid groups (broad SMARTS) is 1. The Labute approximate surface area is 78.3 Å². The second-order valence-corrected chi connectivity index (χ2v) is 2.17. The molecule has 0 aliphatic rings. The average molecular weight is 150 g/mol. The molecule has 0 heterocycles. The molecule has 58 valence electrons. The van der Waals surface area contributed by atoms with Crippen LogP contribution in [0.15, 0.2) is 0 Å². The first-order valence-electron chi connectivity index (χ1n) is 3.42. The predicted octanol–water partition coefficient (Wildman–Crippen LogP) is -3.11. The van der Waals surface area contributed by atoms with Crippen molar-refractivity contribution in [2.24, 2.45) is 0 Å². The third-order valence-corrected chi connectivity index (χ3v) is 1.24. The number of carbonyl (C=O) groups is 2. The van der Waals surface area contributed by atoms with E-state index in [1.54, 1.807) is 0 Å². The quantitative estimate of drug-likeness (QED) is 0.237. The maximum atomic E-state index is 10.4. The van der Waals surface area contributed by atoms with Gasteiger partial charge in [-0.25, -0.2) is 0 Å². The summed E-state index contributed by atoms with van der Waals surface area (Å²) >= 11 is 0. The molecule has 0 rings (SSSR count). The molecular weight excluding hydrogens is 139 g/mol. The van der Waals surface area contributed by atoms with E-state index < -0.39 is 11.8 Å². The van der Waals surface area contributed by atoms with Crippen LogP contribution in [0.4, 0.5) is 0 Å². The van der Waals surface area contributed by atoms with Crippen molar-refractivity contribution in [1.29, 1.82) is 0 Å². The largest absolute Gasteiger partial charge is 1.00 e. The van der Waals surface area contributed by atoms with Crippen molar-refractivity contribution in [3.8, 4) is 0 Å². The number of unbranched alkanes of at least 4 members (excludes halogenated alkanes) is 2. The van der Waals surface area contributed by atoms with E-state index in [0.29, 0.717) is 6.42 Å². The summed E-state index contributed by atoms with van der Waals surface area (Å²) in [5.41, 5.74) is 0. The van der Waals surface area contributed by atoms with Crippen molar-refractivity contribution in [2.45, 2.75) is 32.6 Å². The van der Waals surface area contributed by atoms with Gasteiger partial charge in [-0.15, -0.1) is 0 Å². The van der Waals surface area contributed by atoms with Crippen molar-refractivity contribution >= 4 is 11.8 Å². The number of carboxylic acids is 1. The summed E-state index contributed by atoms with van der Waals surface area (Å²) in [5, 5.41) is 9.83. The Balaban J connectivity index is 0. The Morgan fingerprint density at radius 2 is 1.82 bits per heavy atom. The molecule has 0 amide bonds. The van der Waals surface area contributed by atoms with Crippen molar-refractivity contribution in [1.82, 2.24) is 0 Å². The molecule has 3 nitrogen and oxygen atoms in total. The zero-order valence-electron chi connectivity index (χ0n) is 7.05. The van der Waals surface area contributed by atoms with Crippen molar-refractivity contribution < 1.29 is 33.6 Å². The van der Waals surface area contributed by atoms with Crippen LogP contribution in [0.25, 0.3) is 0 Å². The summed E-state index contributed by atoms with van der Waals surface area (Å²) in [6.45, 7) is 1.99. The minimum absolute atomic E-state index is 0. The van der Waals surface area contributed by atoms with E-state index >= 15 is 0 Å². The van der Waals surface area contributed by atoms with Gasteiger partial charge < -0.3 is 9.90 Å². The minimum Gasteiger partial charge on any atom is -0.542 e. The second-order valence-electron chi connectivity index (χ2n) is 2.17. The van der Waals surface area contributed by atoms with Crippen LogP contribution in [-0.4, -0.2) is 11.8 Å². The van der Waals surface area contributed by atoms with Crippen molar-refractivity contribution in [3.05, 3.63) is 0 Å². The topological polar surface area (TPSA) is 57.2 Å². The Morgan fingerprint density at radius 3 is 2.18 bits per heavy atom. The summed E-state index contributed by atoms with van der Waals surface area (Å²) < 4.78 is 0. The van der Waals surface area contributed by atoms with Gasteiger partial charge in [0.1, 0.15) is 5.97 Å². The molecule has 0 bridgehead atoms. The number of hydrogen-bond donors (Lipinski definition) is 0. The molecular formula is C7H11LiO3. The summed E-state index contributed by atoms with van der Waals surface area (Å²) in [7, 11) is 0. The van der Waals surface area contributed by atoms with Crippen molar-refractivity contribution in [2.75, 3.05) is 0 Å². The smallest absolute Gasteiger partial charge is 0.542 e. The molecule has 0 fully saturated rings. The molecule has 0 radical (unpaired) electrons. The van der Waals surface area contributed by atoms with Gasteiger partial charge in [0.25, 0.3) is 0 Å². The number of aliphatic carboxylic acids is 1. The molecule has 0 aliphatic heterocycles. The van der Waals surface area contributed by atoms with Crippen LogP contribution < -0.4 is 24.0 Å². The van der Waals surface area contributed by atoms with Crippen LogP contribution in [0.2, 0.25) is 0 Å². The SMILES string of the molecule is CCCCCC(=O)C(=O)[O-].[Li+]. The molecule has 4 heteroatoms. The number of carbonyl (C=O) groups excluding carboxylic acids is 2. The van der Waals surface area contributed by atoms with Gasteiger partial charge in [-0.05, 0) is 6.42 Å². The maximum absolute atomic E-state index is 10.4. The van der Waals surface area contributed by atoms with Crippen LogP contribution >= 0.6 is 0 Å². The fraction of sp³-hybridized carbons (Fsp3) is 0.714. The van der Waals surface area contributed by atoms with E-state index in [1.165, 1.54) is 0 Å². The molecule has 0 saturated heterocycles. The molecule has 0 saturated carbocycles. The van der Waals surface area contributed by atoms with Crippen LogP contribution in [0, 0.1) is 0 Å². The first-order chi connectivity index (χ1) is 4.68. The fourth-order valence-electron chi connectivity index (χ4n) is 0.638. The minimum atomic E-state index is -1.56. The van der Waals surface area contributed by atoms with Crippen LogP contribution in [-0.2, 0) is 9.59 Å². The molecule has 0 N–H and O–H groups in total. The molecule has 11 heavy (non-hydrogen) atoms. The van der Waals surface area contributed by atoms with Gasteiger partial charge in [0.2, 0.25) is 0 Å². The Morgan fingerprint density at radius 1 is 1.27 bits per heavy atom. The summed E-state index contributed by atoms with van der Waals surface area (Å²) in [4.78, 5) is 20.2. The molecule has 0 unspecified atom stereocenters. The normalized spacial score (nSPS) is 8.45. The second kappa shape index (κ2) is 7.84. The summed E-state index contributed by atoms with van der Waals surface area (Å²) in [6, 6.07) is 0. The van der Waals surface area contributed by atoms with Gasteiger partial charge in [0.05, 0.1) is 0 Å². The van der Waals surface area contributed by atoms with Gasteiger partial charge in [-0.2, -0.15) is 0 Å². The average Bonchev–Trinajstić information content (AvgIpc) is 1.88. The number of rotatable bonds is 5. The molecule has 0 aromatic rings. The predicted molar refractivity (Wildman–Crippen MR) is 34.2 cm³/mol. The van der Waals surface area contributed by atoms with Crippen molar-refractivity contribution in [3.63, 3.8) is 0 Å². The Hall–Kier alpha value is -0.263. The monoisotopic (exact) mass is 150 g/mol. The summed E-state index contributed by atoms with van der Waals surface area (Å²) in [6.07, 6.45) is 2.67. The van der Waals surface area contributed by atoms with Gasteiger partial charge in [0.15, 0.2) is 5.78 Å². The molecule has 0 aromatic carbocycles. The first-order valence-corrected chi connectivity index (χ1v) is 3.42. The molecule has 0 aliphatic carbocycles. The molecule has 0 atom stereocenters. The number of hydrogen-bond acceptors (Lipinski definition) is 3. The van der Waals surface area contributed by atoms with Gasteiger partial charge >= 0.3 is 18.9 Å². The van der Waals surface area contributed by atoms with Crippen LogP contribution in [0.1, 0.15) is 32.6 Å². The van der Waals surface area contributed by atoms with E-state index in [9.17, 15) is 14.7 Å². The van der Waals surface area contributed by atoms with E-state index in [4.69, 9.17) is 0 Å². The maximum Gasteiger partial charge on any atom is 1.00 e. The molecule has 0 aromatic heterocycles. The van der Waals surface area contributed by atoms with Gasteiger partial charge in [-0.1, -0.05) is 19.8 Å². The molecule has 0 spiro atoms. The number of Topliss-reactive ketones (excluding diaryl/α,β-unsaturated/α-hetero) is 1. The third kappa shape index (κ3) is 7.64. The van der Waals surface area contributed by atoms with E-state index in [1.807, 2.05) is 6.92 Å². The third-order valence-electron chi connectivity index (χ3n) is 1.24. The first kappa shape index (κ1) is 13.3. The standard InChI is InChI=1S/C7H12O3.Li/c1-2-3-4-5-6(8)7(9)10;/h2-5H2,1H3,(H,9,10);/q;+1/p-1. The summed E-state index contributed by atoms with van der Waals surface area (Å²) in [5.74, 6) is -2.34. The van der Waals surface area contributed by atoms with Gasteiger partial charge in [0, 0.05) is 6.42 Å². The van der Waals surface area contributed by atoms with E-state index in [0.717, 1.165) is 12.8 Å². The Bertz CT molecular complexity index is 134. The van der Waals surface area contributed by atoms with E-state index in [-0.39, 0.29) is 25.3 Å². The zero-order valence-corrected chi connectivity index (χ0v) is 7.05. The van der Waals surface area contributed by atoms with Crippen LogP contribution in [0.5, 0.6) is 0 Å². The van der Waals surface area contributed by atoms with Crippen LogP contribution in [0.3, 0.4) is 0 Å².